The Hall–Kier alpha value is -3.13. The quantitative estimate of drug-likeness (QED) is 0.410. The summed E-state index contributed by atoms with van der Waals surface area (Å²) in [5.74, 6) is -0.504. The van der Waals surface area contributed by atoms with Crippen molar-refractivity contribution >= 4 is 38.4 Å². The molecule has 158 valence electrons. The first kappa shape index (κ1) is 21.1. The number of carbonyl (C=O) groups excluding carboxylic acids is 1. The zero-order valence-corrected chi connectivity index (χ0v) is 18.0. The van der Waals surface area contributed by atoms with Crippen LogP contribution in [0.25, 0.3) is 10.9 Å². The molecule has 0 bridgehead atoms. The zero-order chi connectivity index (χ0) is 22.0. The maximum absolute atomic E-state index is 12.7. The van der Waals surface area contributed by atoms with Crippen molar-refractivity contribution < 1.29 is 13.2 Å². The van der Waals surface area contributed by atoms with E-state index < -0.39 is 10.0 Å². The van der Waals surface area contributed by atoms with E-state index in [9.17, 15) is 13.2 Å². The molecule has 0 saturated heterocycles. The first-order valence-electron chi connectivity index (χ1n) is 9.56. The van der Waals surface area contributed by atoms with Gasteiger partial charge in [-0.1, -0.05) is 48.0 Å². The van der Waals surface area contributed by atoms with Gasteiger partial charge in [0.25, 0.3) is 5.91 Å². The third-order valence-electron chi connectivity index (χ3n) is 5.19. The second kappa shape index (κ2) is 8.55. The molecule has 0 aliphatic carbocycles. The number of primary sulfonamides is 1. The molecule has 1 aromatic heterocycles. The van der Waals surface area contributed by atoms with Gasteiger partial charge in [0.15, 0.2) is 0 Å². The normalized spacial score (nSPS) is 12.6. The van der Waals surface area contributed by atoms with Crippen LogP contribution in [0.2, 0.25) is 5.02 Å². The number of halogens is 1. The summed E-state index contributed by atoms with van der Waals surface area (Å²) in [4.78, 5) is 16.0. The van der Waals surface area contributed by atoms with Gasteiger partial charge < -0.3 is 10.3 Å². The fourth-order valence-corrected chi connectivity index (χ4v) is 4.40. The van der Waals surface area contributed by atoms with Crippen molar-refractivity contribution in [1.82, 2.24) is 10.3 Å². The second-order valence-electron chi connectivity index (χ2n) is 7.14. The number of aromatic amines is 1. The van der Waals surface area contributed by atoms with Gasteiger partial charge in [-0.15, -0.1) is 0 Å². The number of nitrogens with two attached hydrogens (primary N) is 1. The van der Waals surface area contributed by atoms with E-state index in [0.717, 1.165) is 22.0 Å². The fraction of sp³-hybridized carbons (Fsp3) is 0.0870. The summed E-state index contributed by atoms with van der Waals surface area (Å²) < 4.78 is 22.8. The van der Waals surface area contributed by atoms with Crippen LogP contribution in [0.15, 0.2) is 83.9 Å². The molecule has 0 aliphatic rings. The van der Waals surface area contributed by atoms with Crippen LogP contribution in [0.3, 0.4) is 0 Å². The Bertz CT molecular complexity index is 1350. The van der Waals surface area contributed by atoms with Crippen LogP contribution in [0, 0.1) is 0 Å². The highest BCUT2D eigenvalue weighted by Crippen LogP contribution is 2.34. The van der Waals surface area contributed by atoms with E-state index >= 15 is 0 Å². The number of hydrogen-bond donors (Lipinski definition) is 3. The van der Waals surface area contributed by atoms with E-state index in [1.807, 2.05) is 54.7 Å². The largest absolute Gasteiger partial charge is 0.361 e. The van der Waals surface area contributed by atoms with Crippen molar-refractivity contribution in [2.45, 2.75) is 10.8 Å². The number of carbonyl (C=O) groups is 1. The lowest BCUT2D eigenvalue weighted by Gasteiger charge is -2.19. The molecular weight excluding hydrogens is 434 g/mol. The average Bonchev–Trinajstić information content (AvgIpc) is 3.18. The molecule has 1 heterocycles. The van der Waals surface area contributed by atoms with Crippen LogP contribution in [-0.4, -0.2) is 25.9 Å². The lowest BCUT2D eigenvalue weighted by atomic mass is 9.90. The maximum Gasteiger partial charge on any atom is 0.251 e. The summed E-state index contributed by atoms with van der Waals surface area (Å²) in [6.07, 6.45) is 1.94. The predicted octanol–water partition coefficient (Wildman–Crippen LogP) is 4.03. The lowest BCUT2D eigenvalue weighted by Crippen LogP contribution is -2.29. The molecule has 1 amide bonds. The van der Waals surface area contributed by atoms with Crippen LogP contribution >= 0.6 is 11.6 Å². The van der Waals surface area contributed by atoms with Gasteiger partial charge in [0.05, 0.1) is 4.90 Å². The molecule has 8 heteroatoms. The number of sulfonamides is 1. The fourth-order valence-electron chi connectivity index (χ4n) is 3.62. The summed E-state index contributed by atoms with van der Waals surface area (Å²) in [7, 11) is -3.81. The summed E-state index contributed by atoms with van der Waals surface area (Å²) in [6.45, 7) is 0.307. The second-order valence-corrected chi connectivity index (χ2v) is 9.11. The van der Waals surface area contributed by atoms with E-state index in [4.69, 9.17) is 16.7 Å². The van der Waals surface area contributed by atoms with Crippen molar-refractivity contribution in [1.29, 1.82) is 0 Å². The van der Waals surface area contributed by atoms with Gasteiger partial charge in [-0.05, 0) is 47.5 Å². The van der Waals surface area contributed by atoms with E-state index in [1.165, 1.54) is 24.3 Å². The summed E-state index contributed by atoms with van der Waals surface area (Å²) >= 11 is 6.49. The minimum atomic E-state index is -3.81. The molecule has 1 atom stereocenters. The number of aromatic nitrogens is 1. The Morgan fingerprint density at radius 3 is 2.35 bits per heavy atom. The highest BCUT2D eigenvalue weighted by Gasteiger charge is 2.21. The Kier molecular flexibility index (Phi) is 5.82. The van der Waals surface area contributed by atoms with Gasteiger partial charge in [-0.25, -0.2) is 13.6 Å². The molecule has 0 radical (unpaired) electrons. The number of hydrogen-bond acceptors (Lipinski definition) is 3. The summed E-state index contributed by atoms with van der Waals surface area (Å²) in [5, 5.41) is 9.73. The monoisotopic (exact) mass is 453 g/mol. The number of nitrogens with one attached hydrogen (secondary N) is 2. The zero-order valence-electron chi connectivity index (χ0n) is 16.4. The molecule has 1 unspecified atom stereocenters. The van der Waals surface area contributed by atoms with Crippen molar-refractivity contribution in [2.75, 3.05) is 6.54 Å². The van der Waals surface area contributed by atoms with Crippen molar-refractivity contribution in [3.8, 4) is 0 Å². The molecule has 4 aromatic rings. The first-order chi connectivity index (χ1) is 14.8. The van der Waals surface area contributed by atoms with E-state index in [-0.39, 0.29) is 16.7 Å². The molecule has 3 aromatic carbocycles. The Balaban J connectivity index is 1.63. The van der Waals surface area contributed by atoms with E-state index in [2.05, 4.69) is 10.3 Å². The summed E-state index contributed by atoms with van der Waals surface area (Å²) in [6, 6.07) is 21.0. The Morgan fingerprint density at radius 1 is 0.968 bits per heavy atom. The van der Waals surface area contributed by atoms with Crippen molar-refractivity contribution in [3.05, 3.63) is 101 Å². The average molecular weight is 454 g/mol. The molecule has 0 saturated carbocycles. The van der Waals surface area contributed by atoms with E-state index in [0.29, 0.717) is 17.1 Å². The Labute approximate surface area is 185 Å². The number of benzene rings is 3. The molecule has 4 rings (SSSR count). The number of fused-ring (bicyclic) bond motifs is 1. The van der Waals surface area contributed by atoms with Crippen LogP contribution < -0.4 is 10.5 Å². The molecular formula is C23H20ClN3O3S. The van der Waals surface area contributed by atoms with Gasteiger partial charge in [-0.3, -0.25) is 4.79 Å². The van der Waals surface area contributed by atoms with Gasteiger partial charge in [0.1, 0.15) is 0 Å². The minimum Gasteiger partial charge on any atom is -0.361 e. The standard InChI is InChI=1S/C23H20ClN3O3S/c24-21-7-3-1-5-17(21)19(20-13-26-22-8-4-2-6-18(20)22)14-27-23(28)15-9-11-16(12-10-15)31(25,29)30/h1-13,19,26H,14H2,(H,27,28)(H2,25,29,30). The van der Waals surface area contributed by atoms with Crippen molar-refractivity contribution in [3.63, 3.8) is 0 Å². The third-order valence-corrected chi connectivity index (χ3v) is 6.46. The predicted molar refractivity (Wildman–Crippen MR) is 122 cm³/mol. The topological polar surface area (TPSA) is 105 Å². The van der Waals surface area contributed by atoms with Gasteiger partial charge >= 0.3 is 0 Å². The van der Waals surface area contributed by atoms with E-state index in [1.54, 1.807) is 0 Å². The highest BCUT2D eigenvalue weighted by molar-refractivity contribution is 7.89. The maximum atomic E-state index is 12.7. The smallest absolute Gasteiger partial charge is 0.251 e. The molecule has 6 nitrogen and oxygen atoms in total. The van der Waals surface area contributed by atoms with Gasteiger partial charge in [0, 0.05) is 40.1 Å². The Morgan fingerprint density at radius 2 is 1.65 bits per heavy atom. The van der Waals surface area contributed by atoms with Crippen molar-refractivity contribution in [2.24, 2.45) is 5.14 Å². The number of rotatable bonds is 6. The SMILES string of the molecule is NS(=O)(=O)c1ccc(C(=O)NCC(c2ccccc2Cl)c2c[nH]c3ccccc23)cc1. The third kappa shape index (κ3) is 4.49. The molecule has 4 N–H and O–H groups in total. The van der Waals surface area contributed by atoms with Crippen LogP contribution in [0.1, 0.15) is 27.4 Å². The lowest BCUT2D eigenvalue weighted by molar-refractivity contribution is 0.0952. The van der Waals surface area contributed by atoms with Crippen LogP contribution in [-0.2, 0) is 10.0 Å². The van der Waals surface area contributed by atoms with Crippen LogP contribution in [0.4, 0.5) is 0 Å². The summed E-state index contributed by atoms with van der Waals surface area (Å²) in [5.41, 5.74) is 3.26. The van der Waals surface area contributed by atoms with Gasteiger partial charge in [0.2, 0.25) is 10.0 Å². The minimum absolute atomic E-state index is 0.0446. The van der Waals surface area contributed by atoms with Gasteiger partial charge in [-0.2, -0.15) is 0 Å². The molecule has 0 fully saturated rings. The number of H-pyrrole nitrogens is 1. The first-order valence-corrected chi connectivity index (χ1v) is 11.5. The molecule has 31 heavy (non-hydrogen) atoms. The number of amides is 1. The molecule has 0 spiro atoms. The highest BCUT2D eigenvalue weighted by atomic mass is 35.5. The molecule has 0 aliphatic heterocycles. The number of para-hydroxylation sites is 1. The van der Waals surface area contributed by atoms with Crippen LogP contribution in [0.5, 0.6) is 0 Å².